The van der Waals surface area contributed by atoms with Gasteiger partial charge in [-0.25, -0.2) is 4.98 Å². The van der Waals surface area contributed by atoms with Gasteiger partial charge < -0.3 is 10.6 Å². The van der Waals surface area contributed by atoms with Gasteiger partial charge in [-0.05, 0) is 55.7 Å². The number of anilines is 3. The first-order chi connectivity index (χ1) is 13.1. The van der Waals surface area contributed by atoms with Gasteiger partial charge in [-0.15, -0.1) is 0 Å². The predicted octanol–water partition coefficient (Wildman–Crippen LogP) is 6.73. The zero-order valence-corrected chi connectivity index (χ0v) is 16.7. The lowest BCUT2D eigenvalue weighted by atomic mass is 9.95. The molecule has 27 heavy (non-hydrogen) atoms. The SMILES string of the molecule is Cc1ccc2c(NC3CCCCC3)nc(Nc3cc(Cl)cc(Cl)c3)nc2c1. The van der Waals surface area contributed by atoms with Crippen molar-refractivity contribution in [2.24, 2.45) is 0 Å². The van der Waals surface area contributed by atoms with Crippen LogP contribution in [0.3, 0.4) is 0 Å². The number of nitrogens with zero attached hydrogens (tertiary/aromatic N) is 2. The van der Waals surface area contributed by atoms with Crippen LogP contribution < -0.4 is 10.6 Å². The third-order valence-electron chi connectivity index (χ3n) is 4.92. The summed E-state index contributed by atoms with van der Waals surface area (Å²) in [5.74, 6) is 1.41. The number of hydrogen-bond donors (Lipinski definition) is 2. The van der Waals surface area contributed by atoms with E-state index in [0.29, 0.717) is 22.0 Å². The number of hydrogen-bond acceptors (Lipinski definition) is 4. The number of aryl methyl sites for hydroxylation is 1. The summed E-state index contributed by atoms with van der Waals surface area (Å²) in [6.07, 6.45) is 6.23. The molecule has 0 aliphatic heterocycles. The summed E-state index contributed by atoms with van der Waals surface area (Å²) in [6.45, 7) is 2.07. The van der Waals surface area contributed by atoms with Crippen LogP contribution in [0.1, 0.15) is 37.7 Å². The van der Waals surface area contributed by atoms with Crippen LogP contribution in [0.4, 0.5) is 17.5 Å². The minimum Gasteiger partial charge on any atom is -0.367 e. The van der Waals surface area contributed by atoms with Crippen LogP contribution in [0, 0.1) is 6.92 Å². The van der Waals surface area contributed by atoms with Crippen molar-refractivity contribution >= 4 is 51.6 Å². The Morgan fingerprint density at radius 1 is 0.926 bits per heavy atom. The molecule has 3 aromatic rings. The minimum atomic E-state index is 0.464. The molecule has 0 unspecified atom stereocenters. The van der Waals surface area contributed by atoms with Gasteiger partial charge in [0, 0.05) is 27.2 Å². The van der Waals surface area contributed by atoms with Gasteiger partial charge in [0.1, 0.15) is 5.82 Å². The molecule has 1 aliphatic carbocycles. The van der Waals surface area contributed by atoms with Crippen LogP contribution >= 0.6 is 23.2 Å². The Bertz CT molecular complexity index is 948. The Morgan fingerprint density at radius 3 is 2.41 bits per heavy atom. The average Bonchev–Trinajstić information content (AvgIpc) is 2.61. The third-order valence-corrected chi connectivity index (χ3v) is 5.35. The molecule has 1 fully saturated rings. The highest BCUT2D eigenvalue weighted by atomic mass is 35.5. The first kappa shape index (κ1) is 18.3. The zero-order valence-electron chi connectivity index (χ0n) is 15.2. The molecule has 0 atom stereocenters. The number of fused-ring (bicyclic) bond motifs is 1. The van der Waals surface area contributed by atoms with Crippen LogP contribution in [0.5, 0.6) is 0 Å². The van der Waals surface area contributed by atoms with E-state index >= 15 is 0 Å². The molecule has 0 amide bonds. The molecule has 0 spiro atoms. The monoisotopic (exact) mass is 400 g/mol. The summed E-state index contributed by atoms with van der Waals surface area (Å²) in [5, 5.41) is 9.08. The lowest BCUT2D eigenvalue weighted by Gasteiger charge is -2.24. The summed E-state index contributed by atoms with van der Waals surface area (Å²) >= 11 is 12.2. The highest BCUT2D eigenvalue weighted by Crippen LogP contribution is 2.29. The number of benzene rings is 2. The molecule has 2 aromatic carbocycles. The fraction of sp³-hybridized carbons (Fsp3) is 0.333. The van der Waals surface area contributed by atoms with Crippen LogP contribution in [0.2, 0.25) is 10.0 Å². The molecule has 1 saturated carbocycles. The molecule has 140 valence electrons. The highest BCUT2D eigenvalue weighted by Gasteiger charge is 2.16. The Morgan fingerprint density at radius 2 is 1.67 bits per heavy atom. The average molecular weight is 401 g/mol. The van der Waals surface area contributed by atoms with Crippen molar-refractivity contribution in [1.82, 2.24) is 9.97 Å². The molecule has 4 nitrogen and oxygen atoms in total. The molecule has 0 radical (unpaired) electrons. The maximum absolute atomic E-state index is 6.11. The Balaban J connectivity index is 1.71. The summed E-state index contributed by atoms with van der Waals surface area (Å²) in [5.41, 5.74) is 2.85. The lowest BCUT2D eigenvalue weighted by molar-refractivity contribution is 0.462. The highest BCUT2D eigenvalue weighted by molar-refractivity contribution is 6.35. The van der Waals surface area contributed by atoms with Crippen molar-refractivity contribution in [3.05, 3.63) is 52.0 Å². The molecule has 1 heterocycles. The number of nitrogens with one attached hydrogen (secondary N) is 2. The normalized spacial score (nSPS) is 15.1. The van der Waals surface area contributed by atoms with E-state index in [2.05, 4.69) is 35.8 Å². The van der Waals surface area contributed by atoms with Crippen molar-refractivity contribution in [3.63, 3.8) is 0 Å². The second kappa shape index (κ2) is 7.91. The summed E-state index contributed by atoms with van der Waals surface area (Å²) < 4.78 is 0. The van der Waals surface area contributed by atoms with Crippen LogP contribution in [0.15, 0.2) is 36.4 Å². The zero-order chi connectivity index (χ0) is 18.8. The maximum atomic E-state index is 6.11. The van der Waals surface area contributed by atoms with Crippen molar-refractivity contribution in [2.75, 3.05) is 10.6 Å². The predicted molar refractivity (Wildman–Crippen MR) is 115 cm³/mol. The van der Waals surface area contributed by atoms with E-state index in [1.165, 1.54) is 37.7 Å². The summed E-state index contributed by atoms with van der Waals surface area (Å²) in [7, 11) is 0. The largest absolute Gasteiger partial charge is 0.367 e. The second-order valence-corrected chi connectivity index (χ2v) is 8.05. The minimum absolute atomic E-state index is 0.464. The summed E-state index contributed by atoms with van der Waals surface area (Å²) in [4.78, 5) is 9.46. The molecular formula is C21H22Cl2N4. The van der Waals surface area contributed by atoms with Gasteiger partial charge in [-0.3, -0.25) is 0 Å². The molecule has 0 bridgehead atoms. The Hall–Kier alpha value is -2.04. The lowest BCUT2D eigenvalue weighted by Crippen LogP contribution is -2.23. The fourth-order valence-corrected chi connectivity index (χ4v) is 4.13. The van der Waals surface area contributed by atoms with Crippen molar-refractivity contribution in [1.29, 1.82) is 0 Å². The topological polar surface area (TPSA) is 49.8 Å². The quantitative estimate of drug-likeness (QED) is 0.509. The van der Waals surface area contributed by atoms with Crippen molar-refractivity contribution in [2.45, 2.75) is 45.1 Å². The molecule has 2 N–H and O–H groups in total. The Labute approximate surface area is 169 Å². The standard InChI is InChI=1S/C21H22Cl2N4/c1-13-7-8-18-19(9-13)26-21(25-17-11-14(22)10-15(23)12-17)27-20(18)24-16-5-3-2-4-6-16/h7-12,16H,2-6H2,1H3,(H2,24,25,26,27). The van der Waals surface area contributed by atoms with Crippen molar-refractivity contribution < 1.29 is 0 Å². The molecule has 1 aliphatic rings. The van der Waals surface area contributed by atoms with E-state index in [1.54, 1.807) is 6.07 Å². The molecule has 1 aromatic heterocycles. The number of aromatic nitrogens is 2. The molecular weight excluding hydrogens is 379 g/mol. The smallest absolute Gasteiger partial charge is 0.229 e. The van der Waals surface area contributed by atoms with Crippen LogP contribution in [0.25, 0.3) is 10.9 Å². The third kappa shape index (κ3) is 4.45. The van der Waals surface area contributed by atoms with Gasteiger partial charge in [0.05, 0.1) is 5.52 Å². The first-order valence-corrected chi connectivity index (χ1v) is 10.1. The van der Waals surface area contributed by atoms with E-state index in [9.17, 15) is 0 Å². The van der Waals surface area contributed by atoms with E-state index in [1.807, 2.05) is 12.1 Å². The van der Waals surface area contributed by atoms with Gasteiger partial charge >= 0.3 is 0 Å². The van der Waals surface area contributed by atoms with E-state index in [4.69, 9.17) is 33.2 Å². The van der Waals surface area contributed by atoms with Gasteiger partial charge in [0.25, 0.3) is 0 Å². The molecule has 0 saturated heterocycles. The van der Waals surface area contributed by atoms with Crippen LogP contribution in [-0.2, 0) is 0 Å². The number of rotatable bonds is 4. The maximum Gasteiger partial charge on any atom is 0.229 e. The second-order valence-electron chi connectivity index (χ2n) is 7.18. The van der Waals surface area contributed by atoms with Crippen molar-refractivity contribution in [3.8, 4) is 0 Å². The van der Waals surface area contributed by atoms with Crippen LogP contribution in [-0.4, -0.2) is 16.0 Å². The van der Waals surface area contributed by atoms with E-state index < -0.39 is 0 Å². The van der Waals surface area contributed by atoms with E-state index in [-0.39, 0.29) is 0 Å². The Kier molecular flexibility index (Phi) is 5.37. The van der Waals surface area contributed by atoms with Gasteiger partial charge in [0.15, 0.2) is 0 Å². The molecule has 4 rings (SSSR count). The molecule has 6 heteroatoms. The number of halogens is 2. The van der Waals surface area contributed by atoms with Gasteiger partial charge in [-0.2, -0.15) is 4.98 Å². The fourth-order valence-electron chi connectivity index (χ4n) is 3.60. The van der Waals surface area contributed by atoms with Gasteiger partial charge in [-0.1, -0.05) is 48.5 Å². The van der Waals surface area contributed by atoms with E-state index in [0.717, 1.165) is 22.4 Å². The first-order valence-electron chi connectivity index (χ1n) is 9.35. The van der Waals surface area contributed by atoms with Gasteiger partial charge in [0.2, 0.25) is 5.95 Å². The summed E-state index contributed by atoms with van der Waals surface area (Å²) in [6, 6.07) is 12.1.